The van der Waals surface area contributed by atoms with Gasteiger partial charge in [0, 0.05) is 9.11 Å². The molecule has 25 heavy (non-hydrogen) atoms. The first-order valence-electron chi connectivity index (χ1n) is 10.3. The van der Waals surface area contributed by atoms with Crippen LogP contribution in [0.4, 0.5) is 0 Å². The molecular formula is C22H34INO. The van der Waals surface area contributed by atoms with Crippen molar-refractivity contribution in [2.75, 3.05) is 6.61 Å². The molecule has 0 amide bonds. The molecule has 2 aliphatic carbocycles. The van der Waals surface area contributed by atoms with E-state index >= 15 is 0 Å². The lowest BCUT2D eigenvalue weighted by Gasteiger charge is -2.27. The smallest absolute Gasteiger partial charge is 0.0611 e. The Labute approximate surface area is 167 Å². The number of aliphatic hydroxyl groups is 1. The fraction of sp³-hybridized carbons (Fsp3) is 0.727. The lowest BCUT2D eigenvalue weighted by molar-refractivity contribution is 0.198. The molecule has 3 atom stereocenters. The highest BCUT2D eigenvalue weighted by Crippen LogP contribution is 2.42. The van der Waals surface area contributed by atoms with Crippen LogP contribution in [0, 0.1) is 9.49 Å². The Hall–Kier alpha value is -0.130. The van der Waals surface area contributed by atoms with Gasteiger partial charge in [-0.2, -0.15) is 0 Å². The molecule has 2 nitrogen and oxygen atoms in total. The molecule has 0 unspecified atom stereocenters. The molecule has 140 valence electrons. The van der Waals surface area contributed by atoms with Crippen LogP contribution in [-0.4, -0.2) is 17.3 Å². The third-order valence-electron chi connectivity index (χ3n) is 6.51. The molecule has 3 heteroatoms. The maximum atomic E-state index is 9.56. The normalized spacial score (nSPS) is 29.0. The highest BCUT2D eigenvalue weighted by Gasteiger charge is 2.36. The van der Waals surface area contributed by atoms with Gasteiger partial charge in [-0.05, 0) is 95.7 Å². The highest BCUT2D eigenvalue weighted by molar-refractivity contribution is 14.1. The topological polar surface area (TPSA) is 46.2 Å². The van der Waals surface area contributed by atoms with Gasteiger partial charge in [0.25, 0.3) is 0 Å². The average Bonchev–Trinajstić information content (AvgIpc) is 3.01. The van der Waals surface area contributed by atoms with Crippen molar-refractivity contribution in [1.82, 2.24) is 0 Å². The SMILES string of the molecule is CCCCCC[C@@H]1CCc2cc([C@H]3CC[C@@](N)(CO)C3)c(I)cc2C1. The van der Waals surface area contributed by atoms with E-state index in [1.54, 1.807) is 11.1 Å². The summed E-state index contributed by atoms with van der Waals surface area (Å²) in [5.41, 5.74) is 10.6. The molecule has 1 aromatic carbocycles. The first kappa shape index (κ1) is 19.6. The molecule has 0 aliphatic heterocycles. The van der Waals surface area contributed by atoms with Gasteiger partial charge in [-0.25, -0.2) is 0 Å². The van der Waals surface area contributed by atoms with E-state index in [0.717, 1.165) is 25.2 Å². The second-order valence-corrected chi connectivity index (χ2v) is 9.72. The third-order valence-corrected chi connectivity index (χ3v) is 7.45. The fourth-order valence-corrected chi connectivity index (χ4v) is 5.83. The summed E-state index contributed by atoms with van der Waals surface area (Å²) < 4.78 is 1.41. The van der Waals surface area contributed by atoms with Crippen LogP contribution in [0.2, 0.25) is 0 Å². The Kier molecular flexibility index (Phi) is 6.83. The summed E-state index contributed by atoms with van der Waals surface area (Å²) in [7, 11) is 0. The van der Waals surface area contributed by atoms with Crippen LogP contribution in [0.5, 0.6) is 0 Å². The van der Waals surface area contributed by atoms with Crippen LogP contribution in [0.3, 0.4) is 0 Å². The van der Waals surface area contributed by atoms with E-state index < -0.39 is 0 Å². The molecule has 0 saturated heterocycles. The van der Waals surface area contributed by atoms with E-state index in [4.69, 9.17) is 5.73 Å². The minimum absolute atomic E-state index is 0.116. The zero-order valence-electron chi connectivity index (χ0n) is 15.7. The summed E-state index contributed by atoms with van der Waals surface area (Å²) in [6, 6.07) is 4.94. The van der Waals surface area contributed by atoms with E-state index in [2.05, 4.69) is 41.6 Å². The number of unbranched alkanes of at least 4 members (excludes halogenated alkanes) is 3. The van der Waals surface area contributed by atoms with Crippen molar-refractivity contribution in [2.24, 2.45) is 11.7 Å². The molecule has 3 N–H and O–H groups in total. The zero-order chi connectivity index (χ0) is 17.9. The van der Waals surface area contributed by atoms with Crippen LogP contribution in [0.25, 0.3) is 0 Å². The van der Waals surface area contributed by atoms with Gasteiger partial charge in [0.1, 0.15) is 0 Å². The average molecular weight is 455 g/mol. The Morgan fingerprint density at radius 2 is 2.04 bits per heavy atom. The standard InChI is InChI=1S/C22H34INO/c1-2-3-4-5-6-16-7-8-17-12-20(21(23)13-19(17)11-16)18-9-10-22(24,14-18)15-25/h12-13,16,18,25H,2-11,14-15,24H2,1H3/t16-,18+,22+/m1/s1. The van der Waals surface area contributed by atoms with Crippen LogP contribution >= 0.6 is 22.6 Å². The second-order valence-electron chi connectivity index (χ2n) is 8.56. The molecule has 1 saturated carbocycles. The predicted molar refractivity (Wildman–Crippen MR) is 114 cm³/mol. The minimum Gasteiger partial charge on any atom is -0.394 e. The van der Waals surface area contributed by atoms with Gasteiger partial charge in [-0.3, -0.25) is 0 Å². The van der Waals surface area contributed by atoms with Crippen LogP contribution < -0.4 is 5.73 Å². The maximum absolute atomic E-state index is 9.56. The number of fused-ring (bicyclic) bond motifs is 1. The zero-order valence-corrected chi connectivity index (χ0v) is 17.9. The van der Waals surface area contributed by atoms with Gasteiger partial charge in [0.05, 0.1) is 6.61 Å². The number of nitrogens with two attached hydrogens (primary N) is 1. The van der Waals surface area contributed by atoms with Crippen molar-refractivity contribution in [2.45, 2.75) is 89.0 Å². The van der Waals surface area contributed by atoms with Gasteiger partial charge < -0.3 is 10.8 Å². The molecular weight excluding hydrogens is 421 g/mol. The van der Waals surface area contributed by atoms with Gasteiger partial charge in [0.2, 0.25) is 0 Å². The van der Waals surface area contributed by atoms with E-state index in [1.807, 2.05) is 0 Å². The van der Waals surface area contributed by atoms with Crippen molar-refractivity contribution in [3.05, 3.63) is 32.4 Å². The van der Waals surface area contributed by atoms with Crippen molar-refractivity contribution < 1.29 is 5.11 Å². The summed E-state index contributed by atoms with van der Waals surface area (Å²) >= 11 is 2.52. The summed E-state index contributed by atoms with van der Waals surface area (Å²) in [4.78, 5) is 0. The number of hydrogen-bond acceptors (Lipinski definition) is 2. The van der Waals surface area contributed by atoms with Crippen LogP contribution in [0.15, 0.2) is 12.1 Å². The van der Waals surface area contributed by atoms with E-state index in [1.165, 1.54) is 60.5 Å². The van der Waals surface area contributed by atoms with Gasteiger partial charge in [0.15, 0.2) is 0 Å². The Balaban J connectivity index is 1.65. The maximum Gasteiger partial charge on any atom is 0.0611 e. The van der Waals surface area contributed by atoms with E-state index in [9.17, 15) is 5.11 Å². The number of aliphatic hydroxyl groups excluding tert-OH is 1. The van der Waals surface area contributed by atoms with Crippen molar-refractivity contribution >= 4 is 22.6 Å². The number of aryl methyl sites for hydroxylation is 1. The summed E-state index contributed by atoms with van der Waals surface area (Å²) in [5.74, 6) is 1.42. The van der Waals surface area contributed by atoms with Gasteiger partial charge in [-0.1, -0.05) is 45.1 Å². The quantitative estimate of drug-likeness (QED) is 0.432. The number of hydrogen-bond donors (Lipinski definition) is 2. The lowest BCUT2D eigenvalue weighted by Crippen LogP contribution is -2.40. The number of halogens is 1. The monoisotopic (exact) mass is 455 g/mol. The van der Waals surface area contributed by atoms with Crippen molar-refractivity contribution in [3.63, 3.8) is 0 Å². The summed E-state index contributed by atoms with van der Waals surface area (Å²) in [6.45, 7) is 2.40. The third kappa shape index (κ3) is 4.78. The molecule has 0 bridgehead atoms. The fourth-order valence-electron chi connectivity index (χ4n) is 4.86. The first-order chi connectivity index (χ1) is 12.0. The molecule has 0 radical (unpaired) electrons. The molecule has 3 rings (SSSR count). The van der Waals surface area contributed by atoms with E-state index in [-0.39, 0.29) is 12.1 Å². The summed E-state index contributed by atoms with van der Waals surface area (Å²) in [6.07, 6.45) is 13.8. The molecule has 0 heterocycles. The van der Waals surface area contributed by atoms with Crippen LogP contribution in [-0.2, 0) is 12.8 Å². The molecule has 0 aromatic heterocycles. The molecule has 0 spiro atoms. The largest absolute Gasteiger partial charge is 0.394 e. The van der Waals surface area contributed by atoms with Gasteiger partial charge in [-0.15, -0.1) is 0 Å². The van der Waals surface area contributed by atoms with Crippen molar-refractivity contribution in [3.8, 4) is 0 Å². The van der Waals surface area contributed by atoms with Gasteiger partial charge >= 0.3 is 0 Å². The molecule has 1 fully saturated rings. The molecule has 2 aliphatic rings. The lowest BCUT2D eigenvalue weighted by atomic mass is 9.79. The predicted octanol–water partition coefficient (Wildman–Crippen LogP) is 5.32. The minimum atomic E-state index is -0.354. The summed E-state index contributed by atoms with van der Waals surface area (Å²) in [5, 5.41) is 9.56. The van der Waals surface area contributed by atoms with Crippen molar-refractivity contribution in [1.29, 1.82) is 0 Å². The molecule has 1 aromatic rings. The number of rotatable bonds is 7. The van der Waals surface area contributed by atoms with E-state index in [0.29, 0.717) is 5.92 Å². The Morgan fingerprint density at radius 3 is 2.76 bits per heavy atom. The number of benzene rings is 1. The Bertz CT molecular complexity index is 588. The first-order valence-corrected chi connectivity index (χ1v) is 11.3. The Morgan fingerprint density at radius 1 is 1.20 bits per heavy atom. The van der Waals surface area contributed by atoms with Crippen LogP contribution in [0.1, 0.15) is 87.3 Å². The highest BCUT2D eigenvalue weighted by atomic mass is 127. The second kappa shape index (κ2) is 8.71.